The second-order valence-electron chi connectivity index (χ2n) is 7.10. The first-order valence-corrected chi connectivity index (χ1v) is 9.73. The van der Waals surface area contributed by atoms with Crippen molar-refractivity contribution in [2.45, 2.75) is 6.92 Å². The first-order valence-electron chi connectivity index (χ1n) is 9.73. The Bertz CT molecular complexity index is 1100. The summed E-state index contributed by atoms with van der Waals surface area (Å²) in [6.45, 7) is 6.24. The minimum absolute atomic E-state index is 1.04. The van der Waals surface area contributed by atoms with Gasteiger partial charge in [-0.25, -0.2) is 0 Å². The number of anilines is 4. The van der Waals surface area contributed by atoms with Crippen LogP contribution in [0.3, 0.4) is 0 Å². The highest BCUT2D eigenvalue weighted by atomic mass is 14.9. The van der Waals surface area contributed by atoms with Crippen LogP contribution < -0.4 is 10.6 Å². The molecule has 0 aliphatic heterocycles. The average Bonchev–Trinajstić information content (AvgIpc) is 2.76. The van der Waals surface area contributed by atoms with Crippen molar-refractivity contribution in [2.75, 3.05) is 10.6 Å². The molecule has 0 bridgehead atoms. The molecule has 0 heterocycles. The third-order valence-electron chi connectivity index (χ3n) is 4.80. The second kappa shape index (κ2) is 8.49. The Labute approximate surface area is 172 Å². The fraction of sp³-hybridized carbons (Fsp3) is 0.0370. The van der Waals surface area contributed by atoms with Crippen LogP contribution in [0.25, 0.3) is 16.7 Å². The zero-order valence-electron chi connectivity index (χ0n) is 16.5. The Morgan fingerprint density at radius 1 is 0.586 bits per heavy atom. The maximum atomic E-state index is 4.19. The molecule has 0 radical (unpaired) electrons. The number of rotatable bonds is 6. The molecule has 29 heavy (non-hydrogen) atoms. The van der Waals surface area contributed by atoms with Crippen molar-refractivity contribution >= 4 is 28.3 Å². The van der Waals surface area contributed by atoms with E-state index in [0.717, 1.165) is 33.9 Å². The summed E-state index contributed by atoms with van der Waals surface area (Å²) < 4.78 is 0. The molecule has 142 valence electrons. The van der Waals surface area contributed by atoms with Crippen LogP contribution in [0.2, 0.25) is 0 Å². The minimum atomic E-state index is 1.04. The molecule has 0 unspecified atom stereocenters. The summed E-state index contributed by atoms with van der Waals surface area (Å²) in [6, 6.07) is 35.4. The van der Waals surface area contributed by atoms with Crippen LogP contribution >= 0.6 is 0 Å². The molecule has 0 spiro atoms. The molecule has 2 N–H and O–H groups in total. The van der Waals surface area contributed by atoms with Gasteiger partial charge in [0.25, 0.3) is 0 Å². The predicted octanol–water partition coefficient (Wildman–Crippen LogP) is 7.87. The van der Waals surface area contributed by atoms with Gasteiger partial charge in [-0.15, -0.1) is 0 Å². The second-order valence-corrected chi connectivity index (χ2v) is 7.10. The van der Waals surface area contributed by atoms with E-state index in [1.807, 2.05) is 36.4 Å². The van der Waals surface area contributed by atoms with Gasteiger partial charge in [-0.3, -0.25) is 0 Å². The molecule has 0 aliphatic rings. The number of hydrogen-bond donors (Lipinski definition) is 2. The van der Waals surface area contributed by atoms with E-state index in [-0.39, 0.29) is 0 Å². The van der Waals surface area contributed by atoms with E-state index in [2.05, 4.69) is 90.9 Å². The Kier molecular flexibility index (Phi) is 5.44. The van der Waals surface area contributed by atoms with Gasteiger partial charge in [0.15, 0.2) is 0 Å². The fourth-order valence-electron chi connectivity index (χ4n) is 3.34. The normalized spacial score (nSPS) is 10.4. The smallest absolute Gasteiger partial charge is 0.0390 e. The number of para-hydroxylation sites is 2. The molecule has 0 fully saturated rings. The summed E-state index contributed by atoms with van der Waals surface area (Å²) in [4.78, 5) is 0. The standard InChI is InChI=1S/C27H24N2/c1-20(2)27-19-25(29-23-11-7-4-8-12-23)17-18-26(27)21-13-15-24(16-14-21)28-22-9-5-3-6-10-22/h3-19,28-29H,1H2,2H3. The third-order valence-corrected chi connectivity index (χ3v) is 4.80. The largest absolute Gasteiger partial charge is 0.356 e. The highest BCUT2D eigenvalue weighted by Crippen LogP contribution is 2.32. The van der Waals surface area contributed by atoms with Crippen LogP contribution in [0.4, 0.5) is 22.7 Å². The first-order chi connectivity index (χ1) is 14.2. The molecule has 4 aromatic rings. The number of hydrogen-bond acceptors (Lipinski definition) is 2. The maximum Gasteiger partial charge on any atom is 0.0390 e. The van der Waals surface area contributed by atoms with Gasteiger partial charge in [-0.05, 0) is 72.1 Å². The van der Waals surface area contributed by atoms with Crippen molar-refractivity contribution in [2.24, 2.45) is 0 Å². The Hall–Kier alpha value is -3.78. The van der Waals surface area contributed by atoms with Crippen molar-refractivity contribution < 1.29 is 0 Å². The van der Waals surface area contributed by atoms with E-state index >= 15 is 0 Å². The molecule has 0 aromatic heterocycles. The van der Waals surface area contributed by atoms with E-state index in [1.54, 1.807) is 0 Å². The van der Waals surface area contributed by atoms with E-state index in [1.165, 1.54) is 11.1 Å². The van der Waals surface area contributed by atoms with Crippen molar-refractivity contribution in [1.29, 1.82) is 0 Å². The lowest BCUT2D eigenvalue weighted by molar-refractivity contribution is 1.49. The van der Waals surface area contributed by atoms with Crippen molar-refractivity contribution in [3.05, 3.63) is 115 Å². The first kappa shape index (κ1) is 18.6. The summed E-state index contributed by atoms with van der Waals surface area (Å²) in [5.74, 6) is 0. The van der Waals surface area contributed by atoms with Gasteiger partial charge >= 0.3 is 0 Å². The molecule has 4 aromatic carbocycles. The average molecular weight is 377 g/mol. The van der Waals surface area contributed by atoms with Crippen molar-refractivity contribution in [1.82, 2.24) is 0 Å². The van der Waals surface area contributed by atoms with Crippen LogP contribution in [0.1, 0.15) is 12.5 Å². The van der Waals surface area contributed by atoms with Gasteiger partial charge in [0, 0.05) is 22.7 Å². The quantitative estimate of drug-likeness (QED) is 0.358. The molecular weight excluding hydrogens is 352 g/mol. The number of nitrogens with one attached hydrogen (secondary N) is 2. The molecule has 2 heteroatoms. The molecule has 0 aliphatic carbocycles. The van der Waals surface area contributed by atoms with Gasteiger partial charge < -0.3 is 10.6 Å². The van der Waals surface area contributed by atoms with Gasteiger partial charge in [0.1, 0.15) is 0 Å². The summed E-state index contributed by atoms with van der Waals surface area (Å²) in [7, 11) is 0. The molecule has 0 atom stereocenters. The summed E-state index contributed by atoms with van der Waals surface area (Å²) in [5.41, 5.74) is 8.83. The molecule has 0 amide bonds. The molecule has 0 saturated carbocycles. The van der Waals surface area contributed by atoms with Crippen LogP contribution in [0.5, 0.6) is 0 Å². The van der Waals surface area contributed by atoms with Gasteiger partial charge in [0.05, 0.1) is 0 Å². The lowest BCUT2D eigenvalue weighted by Gasteiger charge is -2.14. The van der Waals surface area contributed by atoms with E-state index in [9.17, 15) is 0 Å². The number of allylic oxidation sites excluding steroid dienone is 1. The fourth-order valence-corrected chi connectivity index (χ4v) is 3.34. The molecular formula is C27H24N2. The summed E-state index contributed by atoms with van der Waals surface area (Å²) >= 11 is 0. The lowest BCUT2D eigenvalue weighted by Crippen LogP contribution is -1.94. The van der Waals surface area contributed by atoms with Crippen molar-refractivity contribution in [3.63, 3.8) is 0 Å². The zero-order chi connectivity index (χ0) is 20.1. The Balaban J connectivity index is 1.59. The van der Waals surface area contributed by atoms with Crippen LogP contribution in [-0.4, -0.2) is 0 Å². The highest BCUT2D eigenvalue weighted by Gasteiger charge is 2.08. The third kappa shape index (κ3) is 4.56. The topological polar surface area (TPSA) is 24.1 Å². The van der Waals surface area contributed by atoms with Gasteiger partial charge in [-0.1, -0.05) is 66.7 Å². The van der Waals surface area contributed by atoms with E-state index in [0.29, 0.717) is 0 Å². The Morgan fingerprint density at radius 3 is 1.62 bits per heavy atom. The van der Waals surface area contributed by atoms with E-state index in [4.69, 9.17) is 0 Å². The zero-order valence-corrected chi connectivity index (χ0v) is 16.5. The van der Waals surface area contributed by atoms with Gasteiger partial charge in [-0.2, -0.15) is 0 Å². The number of benzene rings is 4. The monoisotopic (exact) mass is 376 g/mol. The van der Waals surface area contributed by atoms with Crippen LogP contribution in [-0.2, 0) is 0 Å². The van der Waals surface area contributed by atoms with Crippen molar-refractivity contribution in [3.8, 4) is 11.1 Å². The predicted molar refractivity (Wildman–Crippen MR) is 126 cm³/mol. The lowest BCUT2D eigenvalue weighted by atomic mass is 9.95. The molecule has 2 nitrogen and oxygen atoms in total. The SMILES string of the molecule is C=C(C)c1cc(Nc2ccccc2)ccc1-c1ccc(Nc2ccccc2)cc1. The van der Waals surface area contributed by atoms with E-state index < -0.39 is 0 Å². The molecule has 0 saturated heterocycles. The Morgan fingerprint density at radius 2 is 1.07 bits per heavy atom. The van der Waals surface area contributed by atoms with Crippen LogP contribution in [0, 0.1) is 0 Å². The summed E-state index contributed by atoms with van der Waals surface area (Å²) in [5, 5.41) is 6.89. The molecule has 4 rings (SSSR count). The summed E-state index contributed by atoms with van der Waals surface area (Å²) in [6.07, 6.45) is 0. The maximum absolute atomic E-state index is 4.19. The van der Waals surface area contributed by atoms with Gasteiger partial charge in [0.2, 0.25) is 0 Å². The van der Waals surface area contributed by atoms with Crippen LogP contribution in [0.15, 0.2) is 110 Å². The highest BCUT2D eigenvalue weighted by molar-refractivity contribution is 5.83. The minimum Gasteiger partial charge on any atom is -0.356 e.